The molecule has 1 N–H and O–H groups in total. The average Bonchev–Trinajstić information content (AvgIpc) is 2.99. The first-order valence-corrected chi connectivity index (χ1v) is 6.94. The fourth-order valence-electron chi connectivity index (χ4n) is 2.92. The summed E-state index contributed by atoms with van der Waals surface area (Å²) in [5.41, 5.74) is 0.613. The Morgan fingerprint density at radius 1 is 1.15 bits per heavy atom. The number of carbonyl (C=O) groups is 1. The maximum absolute atomic E-state index is 11.7. The van der Waals surface area contributed by atoms with Crippen LogP contribution < -0.4 is 0 Å². The molecule has 20 heavy (non-hydrogen) atoms. The molecule has 0 aliphatic heterocycles. The molecule has 0 saturated heterocycles. The van der Waals surface area contributed by atoms with E-state index < -0.39 is 11.4 Å². The monoisotopic (exact) mass is 271 g/mol. The van der Waals surface area contributed by atoms with Crippen LogP contribution in [0.3, 0.4) is 0 Å². The molecular formula is C15H17N3O2. The molecule has 0 amide bonds. The van der Waals surface area contributed by atoms with Gasteiger partial charge in [0.1, 0.15) is 11.1 Å². The van der Waals surface area contributed by atoms with Gasteiger partial charge in [-0.1, -0.05) is 42.7 Å². The molecular weight excluding hydrogens is 254 g/mol. The highest BCUT2D eigenvalue weighted by atomic mass is 16.4. The summed E-state index contributed by atoms with van der Waals surface area (Å²) in [4.78, 5) is 11.7. The van der Waals surface area contributed by atoms with Crippen molar-refractivity contribution in [2.24, 2.45) is 0 Å². The molecule has 5 heteroatoms. The highest BCUT2D eigenvalue weighted by Crippen LogP contribution is 2.38. The number of aliphatic carboxylic acids is 1. The summed E-state index contributed by atoms with van der Waals surface area (Å²) in [6, 6.07) is 9.62. The fourth-order valence-corrected chi connectivity index (χ4v) is 2.92. The van der Waals surface area contributed by atoms with Gasteiger partial charge in [-0.15, -0.1) is 5.10 Å². The molecule has 5 nitrogen and oxygen atoms in total. The highest BCUT2D eigenvalue weighted by Gasteiger charge is 2.43. The smallest absolute Gasteiger partial charge is 0.315 e. The van der Waals surface area contributed by atoms with Gasteiger partial charge in [0, 0.05) is 0 Å². The first-order chi connectivity index (χ1) is 9.72. The molecule has 0 bridgehead atoms. The average molecular weight is 271 g/mol. The van der Waals surface area contributed by atoms with Crippen LogP contribution in [-0.2, 0) is 10.2 Å². The number of rotatable bonds is 3. The molecule has 2 aromatic rings. The van der Waals surface area contributed by atoms with Crippen molar-refractivity contribution in [1.29, 1.82) is 0 Å². The van der Waals surface area contributed by atoms with Gasteiger partial charge in [0.2, 0.25) is 0 Å². The topological polar surface area (TPSA) is 68.0 Å². The fraction of sp³-hybridized carbons (Fsp3) is 0.400. The lowest BCUT2D eigenvalue weighted by Gasteiger charge is -2.30. The molecule has 104 valence electrons. The maximum Gasteiger partial charge on any atom is 0.315 e. The molecule has 0 unspecified atom stereocenters. The lowest BCUT2D eigenvalue weighted by atomic mass is 9.72. The highest BCUT2D eigenvalue weighted by molar-refractivity contribution is 5.80. The summed E-state index contributed by atoms with van der Waals surface area (Å²) >= 11 is 0. The van der Waals surface area contributed by atoms with E-state index in [0.717, 1.165) is 24.9 Å². The van der Waals surface area contributed by atoms with Gasteiger partial charge in [0.05, 0.1) is 11.9 Å². The van der Waals surface area contributed by atoms with Crippen LogP contribution >= 0.6 is 0 Å². The van der Waals surface area contributed by atoms with Gasteiger partial charge in [-0.2, -0.15) is 0 Å². The van der Waals surface area contributed by atoms with Crippen molar-refractivity contribution >= 4 is 5.97 Å². The first kappa shape index (κ1) is 12.8. The van der Waals surface area contributed by atoms with E-state index in [9.17, 15) is 9.90 Å². The second-order valence-electron chi connectivity index (χ2n) is 5.33. The van der Waals surface area contributed by atoms with E-state index in [-0.39, 0.29) is 0 Å². The third-order valence-electron chi connectivity index (χ3n) is 4.12. The number of para-hydroxylation sites is 1. The number of hydrogen-bond acceptors (Lipinski definition) is 3. The lowest BCUT2D eigenvalue weighted by molar-refractivity contribution is -0.145. The van der Waals surface area contributed by atoms with Crippen molar-refractivity contribution in [1.82, 2.24) is 15.0 Å². The summed E-state index contributed by atoms with van der Waals surface area (Å²) < 4.78 is 1.65. The van der Waals surface area contributed by atoms with Crippen LogP contribution in [0.2, 0.25) is 0 Å². The number of carboxylic acid groups (broad SMARTS) is 1. The Bertz CT molecular complexity index is 601. The van der Waals surface area contributed by atoms with E-state index in [1.54, 1.807) is 10.9 Å². The van der Waals surface area contributed by atoms with E-state index in [4.69, 9.17) is 0 Å². The van der Waals surface area contributed by atoms with Gasteiger partial charge < -0.3 is 5.11 Å². The molecule has 1 aromatic carbocycles. The molecule has 3 rings (SSSR count). The molecule has 0 radical (unpaired) electrons. The quantitative estimate of drug-likeness (QED) is 0.931. The molecule has 1 aromatic heterocycles. The Balaban J connectivity index is 1.98. The van der Waals surface area contributed by atoms with Gasteiger partial charge in [0.15, 0.2) is 0 Å². The van der Waals surface area contributed by atoms with Crippen molar-refractivity contribution < 1.29 is 9.90 Å². The summed E-state index contributed by atoms with van der Waals surface area (Å²) in [6.07, 6.45) is 6.03. The standard InChI is InChI=1S/C15H17N3O2/c19-14(20)15(9-5-2-6-10-15)13-11-18(17-16-13)12-7-3-1-4-8-12/h1,3-4,7-8,11H,2,5-6,9-10H2,(H,19,20). The van der Waals surface area contributed by atoms with Crippen LogP contribution in [0.25, 0.3) is 5.69 Å². The van der Waals surface area contributed by atoms with Crippen LogP contribution in [0.5, 0.6) is 0 Å². The van der Waals surface area contributed by atoms with Gasteiger partial charge in [-0.05, 0) is 25.0 Å². The number of benzene rings is 1. The Kier molecular flexibility index (Phi) is 3.26. The van der Waals surface area contributed by atoms with E-state index in [0.29, 0.717) is 18.5 Å². The molecule has 1 heterocycles. The first-order valence-electron chi connectivity index (χ1n) is 6.94. The van der Waals surface area contributed by atoms with Crippen LogP contribution in [0.1, 0.15) is 37.8 Å². The normalized spacial score (nSPS) is 17.8. The summed E-state index contributed by atoms with van der Waals surface area (Å²) in [7, 11) is 0. The second kappa shape index (κ2) is 5.07. The Morgan fingerprint density at radius 3 is 2.50 bits per heavy atom. The molecule has 0 spiro atoms. The predicted octanol–water partition coefficient (Wildman–Crippen LogP) is 2.55. The zero-order chi connectivity index (χ0) is 14.0. The van der Waals surface area contributed by atoms with Crippen LogP contribution in [0.15, 0.2) is 36.5 Å². The third kappa shape index (κ3) is 2.09. The number of nitrogens with zero attached hydrogens (tertiary/aromatic N) is 3. The Morgan fingerprint density at radius 2 is 1.85 bits per heavy atom. The largest absolute Gasteiger partial charge is 0.481 e. The molecule has 1 fully saturated rings. The molecule has 1 saturated carbocycles. The van der Waals surface area contributed by atoms with Gasteiger partial charge in [-0.3, -0.25) is 4.79 Å². The molecule has 1 aliphatic carbocycles. The zero-order valence-corrected chi connectivity index (χ0v) is 11.2. The van der Waals surface area contributed by atoms with Gasteiger partial charge in [-0.25, -0.2) is 4.68 Å². The maximum atomic E-state index is 11.7. The van der Waals surface area contributed by atoms with Crippen molar-refractivity contribution in [3.8, 4) is 5.69 Å². The van der Waals surface area contributed by atoms with Crippen molar-refractivity contribution in [3.05, 3.63) is 42.2 Å². The van der Waals surface area contributed by atoms with E-state index in [2.05, 4.69) is 10.3 Å². The summed E-state index contributed by atoms with van der Waals surface area (Å²) in [5.74, 6) is -0.780. The van der Waals surface area contributed by atoms with E-state index in [1.807, 2.05) is 30.3 Å². The van der Waals surface area contributed by atoms with E-state index in [1.165, 1.54) is 0 Å². The minimum Gasteiger partial charge on any atom is -0.481 e. The van der Waals surface area contributed by atoms with Crippen molar-refractivity contribution in [2.75, 3.05) is 0 Å². The number of carboxylic acids is 1. The lowest BCUT2D eigenvalue weighted by Crippen LogP contribution is -2.38. The SMILES string of the molecule is O=C(O)C1(c2cn(-c3ccccc3)nn2)CCCCC1. The summed E-state index contributed by atoms with van der Waals surface area (Å²) in [6.45, 7) is 0. The Hall–Kier alpha value is -2.17. The second-order valence-corrected chi connectivity index (χ2v) is 5.33. The third-order valence-corrected chi connectivity index (χ3v) is 4.12. The predicted molar refractivity (Wildman–Crippen MR) is 73.8 cm³/mol. The van der Waals surface area contributed by atoms with Crippen molar-refractivity contribution in [2.45, 2.75) is 37.5 Å². The number of hydrogen-bond donors (Lipinski definition) is 1. The summed E-state index contributed by atoms with van der Waals surface area (Å²) in [5, 5.41) is 17.9. The van der Waals surface area contributed by atoms with Gasteiger partial charge >= 0.3 is 5.97 Å². The molecule has 0 atom stereocenters. The van der Waals surface area contributed by atoms with E-state index >= 15 is 0 Å². The minimum atomic E-state index is -0.856. The Labute approximate surface area is 117 Å². The van der Waals surface area contributed by atoms with Crippen LogP contribution in [-0.4, -0.2) is 26.1 Å². The van der Waals surface area contributed by atoms with Crippen LogP contribution in [0.4, 0.5) is 0 Å². The minimum absolute atomic E-state index is 0.577. The number of aromatic nitrogens is 3. The zero-order valence-electron chi connectivity index (χ0n) is 11.2. The van der Waals surface area contributed by atoms with Crippen molar-refractivity contribution in [3.63, 3.8) is 0 Å². The van der Waals surface area contributed by atoms with Crippen LogP contribution in [0, 0.1) is 0 Å². The van der Waals surface area contributed by atoms with Gasteiger partial charge in [0.25, 0.3) is 0 Å². The molecule has 1 aliphatic rings.